The molecule has 0 aliphatic carbocycles. The maximum atomic E-state index is 12.7. The van der Waals surface area contributed by atoms with E-state index in [-0.39, 0.29) is 31.1 Å². The summed E-state index contributed by atoms with van der Waals surface area (Å²) in [5.41, 5.74) is 0. The number of rotatable bonds is 42. The van der Waals surface area contributed by atoms with Gasteiger partial charge in [-0.2, -0.15) is 0 Å². The van der Waals surface area contributed by atoms with Crippen molar-refractivity contribution in [2.45, 2.75) is 266 Å². The van der Waals surface area contributed by atoms with E-state index >= 15 is 0 Å². The van der Waals surface area contributed by atoms with Crippen molar-refractivity contribution in [2.24, 2.45) is 17.8 Å². The fourth-order valence-electron chi connectivity index (χ4n) is 7.20. The lowest BCUT2D eigenvalue weighted by Gasteiger charge is -2.18. The molecule has 0 radical (unpaired) electrons. The van der Waals surface area contributed by atoms with Gasteiger partial charge in [-0.25, -0.2) is 0 Å². The van der Waals surface area contributed by atoms with Crippen molar-refractivity contribution in [3.05, 3.63) is 0 Å². The Morgan fingerprint density at radius 2 is 0.636 bits per heavy atom. The van der Waals surface area contributed by atoms with Gasteiger partial charge in [-0.15, -0.1) is 0 Å². The maximum absolute atomic E-state index is 12.7. The van der Waals surface area contributed by atoms with E-state index in [0.29, 0.717) is 19.3 Å². The molecule has 0 aliphatic rings. The van der Waals surface area contributed by atoms with Crippen LogP contribution in [-0.4, -0.2) is 37.2 Å². The SMILES string of the molecule is CCC(C)CCCCCCCCCCCCC(=O)OC[C@@H](COC(=O)CCCCCCCCCC(C)C)OC(=O)CCCCCCCCCCCCC(C)C. The highest BCUT2D eigenvalue weighted by molar-refractivity contribution is 5.71. The summed E-state index contributed by atoms with van der Waals surface area (Å²) < 4.78 is 16.7. The molecule has 0 heterocycles. The third-order valence-corrected chi connectivity index (χ3v) is 11.3. The van der Waals surface area contributed by atoms with Crippen LogP contribution in [-0.2, 0) is 28.6 Å². The zero-order valence-electron chi connectivity index (χ0n) is 37.7. The molecule has 2 atom stereocenters. The summed E-state index contributed by atoms with van der Waals surface area (Å²) in [7, 11) is 0. The van der Waals surface area contributed by atoms with Crippen LogP contribution >= 0.6 is 0 Å². The van der Waals surface area contributed by atoms with Crippen LogP contribution < -0.4 is 0 Å². The molecule has 0 aromatic rings. The van der Waals surface area contributed by atoms with Crippen LogP contribution in [0.2, 0.25) is 0 Å². The number of esters is 3. The van der Waals surface area contributed by atoms with E-state index in [1.54, 1.807) is 0 Å². The molecule has 0 saturated heterocycles. The summed E-state index contributed by atoms with van der Waals surface area (Å²) in [4.78, 5) is 37.8. The summed E-state index contributed by atoms with van der Waals surface area (Å²) in [5.74, 6) is 1.61. The minimum Gasteiger partial charge on any atom is -0.462 e. The lowest BCUT2D eigenvalue weighted by molar-refractivity contribution is -0.167. The van der Waals surface area contributed by atoms with Crippen LogP contribution in [0.15, 0.2) is 0 Å². The first-order chi connectivity index (χ1) is 26.6. The lowest BCUT2D eigenvalue weighted by Crippen LogP contribution is -2.30. The molecule has 0 rings (SSSR count). The number of carbonyl (C=O) groups excluding carboxylic acids is 3. The molecule has 1 unspecified atom stereocenters. The number of hydrogen-bond acceptors (Lipinski definition) is 6. The highest BCUT2D eigenvalue weighted by Gasteiger charge is 2.19. The lowest BCUT2D eigenvalue weighted by atomic mass is 9.99. The van der Waals surface area contributed by atoms with Crippen LogP contribution in [0.1, 0.15) is 260 Å². The monoisotopic (exact) mass is 779 g/mol. The van der Waals surface area contributed by atoms with E-state index in [9.17, 15) is 14.4 Å². The molecule has 0 spiro atoms. The van der Waals surface area contributed by atoms with Crippen LogP contribution in [0.25, 0.3) is 0 Å². The van der Waals surface area contributed by atoms with E-state index < -0.39 is 6.10 Å². The summed E-state index contributed by atoms with van der Waals surface area (Å²) in [6.07, 6.45) is 38.0. The molecule has 0 aromatic heterocycles. The summed E-state index contributed by atoms with van der Waals surface area (Å²) in [6.45, 7) is 13.7. The third-order valence-electron chi connectivity index (χ3n) is 11.3. The Morgan fingerprint density at radius 3 is 0.945 bits per heavy atom. The molecule has 0 N–H and O–H groups in total. The second-order valence-electron chi connectivity index (χ2n) is 17.9. The Bertz CT molecular complexity index is 854. The van der Waals surface area contributed by atoms with Gasteiger partial charge in [-0.1, -0.05) is 221 Å². The van der Waals surface area contributed by atoms with Gasteiger partial charge < -0.3 is 14.2 Å². The zero-order valence-corrected chi connectivity index (χ0v) is 37.7. The van der Waals surface area contributed by atoms with Crippen molar-refractivity contribution in [1.29, 1.82) is 0 Å². The van der Waals surface area contributed by atoms with E-state index in [4.69, 9.17) is 14.2 Å². The molecule has 0 fully saturated rings. The molecule has 0 aliphatic heterocycles. The van der Waals surface area contributed by atoms with E-state index in [0.717, 1.165) is 75.5 Å². The summed E-state index contributed by atoms with van der Waals surface area (Å²) in [6, 6.07) is 0. The van der Waals surface area contributed by atoms with Crippen LogP contribution in [0.4, 0.5) is 0 Å². The van der Waals surface area contributed by atoms with E-state index in [1.165, 1.54) is 141 Å². The minimum atomic E-state index is -0.762. The quantitative estimate of drug-likeness (QED) is 0.0349. The molecule has 0 aromatic carbocycles. The summed E-state index contributed by atoms with van der Waals surface area (Å²) >= 11 is 0. The predicted octanol–water partition coefficient (Wildman–Crippen LogP) is 15.2. The van der Waals surface area contributed by atoms with Crippen molar-refractivity contribution >= 4 is 17.9 Å². The fraction of sp³-hybridized carbons (Fsp3) is 0.939. The fourth-order valence-corrected chi connectivity index (χ4v) is 7.20. The van der Waals surface area contributed by atoms with Gasteiger partial charge in [0.15, 0.2) is 6.10 Å². The molecular formula is C49H94O6. The van der Waals surface area contributed by atoms with Crippen LogP contribution in [0.5, 0.6) is 0 Å². The topological polar surface area (TPSA) is 78.9 Å². The third kappa shape index (κ3) is 41.9. The molecule has 6 heteroatoms. The summed E-state index contributed by atoms with van der Waals surface area (Å²) in [5, 5.41) is 0. The Hall–Kier alpha value is -1.59. The first-order valence-corrected chi connectivity index (χ1v) is 24.1. The number of hydrogen-bond donors (Lipinski definition) is 0. The van der Waals surface area contributed by atoms with Crippen molar-refractivity contribution in [3.8, 4) is 0 Å². The normalized spacial score (nSPS) is 12.7. The largest absolute Gasteiger partial charge is 0.462 e. The Labute approximate surface area is 342 Å². The molecule has 6 nitrogen and oxygen atoms in total. The number of carbonyl (C=O) groups is 3. The first-order valence-electron chi connectivity index (χ1n) is 24.1. The molecule has 0 bridgehead atoms. The molecule has 0 saturated carbocycles. The van der Waals surface area contributed by atoms with Crippen molar-refractivity contribution in [2.75, 3.05) is 13.2 Å². The average molecular weight is 779 g/mol. The van der Waals surface area contributed by atoms with Gasteiger partial charge in [0.2, 0.25) is 0 Å². The molecular weight excluding hydrogens is 685 g/mol. The smallest absolute Gasteiger partial charge is 0.306 e. The average Bonchev–Trinajstić information content (AvgIpc) is 3.15. The highest BCUT2D eigenvalue weighted by Crippen LogP contribution is 2.17. The predicted molar refractivity (Wildman–Crippen MR) is 233 cm³/mol. The van der Waals surface area contributed by atoms with Crippen LogP contribution in [0.3, 0.4) is 0 Å². The van der Waals surface area contributed by atoms with E-state index in [2.05, 4.69) is 41.5 Å². The van der Waals surface area contributed by atoms with Gasteiger partial charge in [-0.3, -0.25) is 14.4 Å². The Kier molecular flexibility index (Phi) is 39.4. The highest BCUT2D eigenvalue weighted by atomic mass is 16.6. The van der Waals surface area contributed by atoms with Crippen molar-refractivity contribution in [3.63, 3.8) is 0 Å². The van der Waals surface area contributed by atoms with Gasteiger partial charge in [0.05, 0.1) is 0 Å². The molecule has 0 amide bonds. The van der Waals surface area contributed by atoms with Crippen molar-refractivity contribution in [1.82, 2.24) is 0 Å². The van der Waals surface area contributed by atoms with Gasteiger partial charge >= 0.3 is 17.9 Å². The second kappa shape index (κ2) is 40.6. The van der Waals surface area contributed by atoms with Gasteiger partial charge in [0.25, 0.3) is 0 Å². The van der Waals surface area contributed by atoms with Crippen molar-refractivity contribution < 1.29 is 28.6 Å². The number of unbranched alkanes of at least 4 members (excludes halogenated alkanes) is 24. The van der Waals surface area contributed by atoms with Gasteiger partial charge in [0, 0.05) is 19.3 Å². The minimum absolute atomic E-state index is 0.0660. The maximum Gasteiger partial charge on any atom is 0.306 e. The molecule has 55 heavy (non-hydrogen) atoms. The Morgan fingerprint density at radius 1 is 0.364 bits per heavy atom. The first kappa shape index (κ1) is 53.4. The van der Waals surface area contributed by atoms with Gasteiger partial charge in [0.1, 0.15) is 13.2 Å². The second-order valence-corrected chi connectivity index (χ2v) is 17.9. The zero-order chi connectivity index (χ0) is 40.6. The van der Waals surface area contributed by atoms with Gasteiger partial charge in [-0.05, 0) is 37.0 Å². The number of ether oxygens (including phenoxy) is 3. The van der Waals surface area contributed by atoms with E-state index in [1.807, 2.05) is 0 Å². The molecule has 326 valence electrons. The Balaban J connectivity index is 4.33. The standard InChI is InChI=1S/C49H94O6/c1-7-45(6)37-31-25-19-13-9-11-14-20-26-32-38-47(50)53-41-46(42-54-48(51)39-33-27-22-16-18-24-30-36-44(4)5)55-49(52)40-34-28-21-15-10-8-12-17-23-29-35-43(2)3/h43-46H,7-42H2,1-6H3/t45?,46-/m0/s1. The van der Waals surface area contributed by atoms with Crippen LogP contribution in [0, 0.1) is 17.8 Å².